The maximum absolute atomic E-state index is 12.0. The van der Waals surface area contributed by atoms with Gasteiger partial charge in [0.25, 0.3) is 0 Å². The predicted molar refractivity (Wildman–Crippen MR) is 111 cm³/mol. The van der Waals surface area contributed by atoms with Gasteiger partial charge in [0.1, 0.15) is 5.60 Å². The van der Waals surface area contributed by atoms with Crippen molar-refractivity contribution in [1.82, 2.24) is 20.4 Å². The molecule has 27 heavy (non-hydrogen) atoms. The summed E-state index contributed by atoms with van der Waals surface area (Å²) < 4.78 is 10.4. The van der Waals surface area contributed by atoms with Crippen LogP contribution in [-0.2, 0) is 9.47 Å². The molecule has 160 valence electrons. The highest BCUT2D eigenvalue weighted by Crippen LogP contribution is 2.10. The van der Waals surface area contributed by atoms with E-state index in [2.05, 4.69) is 34.5 Å². The standard InChI is InChI=1S/C19H41N5O3/c1-16(15-24(7)18(25)27-19(2,3)4)14-22-17(20-5)21-10-12-23(6)11-9-13-26-8/h16H,9-15H2,1-8H3,(H2,20,21,22). The fourth-order valence-electron chi connectivity index (χ4n) is 2.39. The highest BCUT2D eigenvalue weighted by molar-refractivity contribution is 5.79. The number of amides is 1. The topological polar surface area (TPSA) is 78.4 Å². The molecular weight excluding hydrogens is 346 g/mol. The molecule has 0 fully saturated rings. The molecule has 0 aliphatic carbocycles. The minimum Gasteiger partial charge on any atom is -0.444 e. The molecule has 0 saturated heterocycles. The van der Waals surface area contributed by atoms with Crippen LogP contribution in [-0.4, -0.2) is 95.0 Å². The first-order valence-corrected chi connectivity index (χ1v) is 9.65. The van der Waals surface area contributed by atoms with Gasteiger partial charge < -0.3 is 29.9 Å². The first-order chi connectivity index (χ1) is 12.6. The van der Waals surface area contributed by atoms with Gasteiger partial charge >= 0.3 is 6.09 Å². The summed E-state index contributed by atoms with van der Waals surface area (Å²) in [6.07, 6.45) is 0.733. The number of aliphatic imine (C=N–C) groups is 1. The van der Waals surface area contributed by atoms with Crippen molar-refractivity contribution >= 4 is 12.1 Å². The molecule has 8 nitrogen and oxygen atoms in total. The van der Waals surface area contributed by atoms with E-state index < -0.39 is 5.60 Å². The number of guanidine groups is 1. The predicted octanol–water partition coefficient (Wildman–Crippen LogP) is 1.62. The Morgan fingerprint density at radius 1 is 1.19 bits per heavy atom. The van der Waals surface area contributed by atoms with Gasteiger partial charge in [-0.25, -0.2) is 4.79 Å². The number of rotatable bonds is 11. The molecule has 0 bridgehead atoms. The van der Waals surface area contributed by atoms with Crippen LogP contribution in [0.15, 0.2) is 4.99 Å². The maximum Gasteiger partial charge on any atom is 0.410 e. The van der Waals surface area contributed by atoms with Crippen LogP contribution in [0, 0.1) is 5.92 Å². The van der Waals surface area contributed by atoms with E-state index in [-0.39, 0.29) is 12.0 Å². The number of likely N-dealkylation sites (N-methyl/N-ethyl adjacent to an activating group) is 1. The normalized spacial score (nSPS) is 13.4. The van der Waals surface area contributed by atoms with Crippen molar-refractivity contribution in [1.29, 1.82) is 0 Å². The molecule has 0 aromatic rings. The van der Waals surface area contributed by atoms with Gasteiger partial charge in [0, 0.05) is 60.5 Å². The Morgan fingerprint density at radius 2 is 1.85 bits per heavy atom. The van der Waals surface area contributed by atoms with Crippen LogP contribution >= 0.6 is 0 Å². The monoisotopic (exact) mass is 387 g/mol. The van der Waals surface area contributed by atoms with Crippen molar-refractivity contribution in [3.63, 3.8) is 0 Å². The molecule has 1 unspecified atom stereocenters. The molecule has 1 amide bonds. The molecule has 0 aliphatic rings. The van der Waals surface area contributed by atoms with E-state index >= 15 is 0 Å². The van der Waals surface area contributed by atoms with Gasteiger partial charge in [-0.1, -0.05) is 6.92 Å². The van der Waals surface area contributed by atoms with Crippen molar-refractivity contribution in [3.05, 3.63) is 0 Å². The molecule has 2 N–H and O–H groups in total. The molecule has 0 rings (SSSR count). The fourth-order valence-corrected chi connectivity index (χ4v) is 2.39. The Morgan fingerprint density at radius 3 is 2.41 bits per heavy atom. The van der Waals surface area contributed by atoms with Crippen molar-refractivity contribution in [2.75, 3.05) is 67.6 Å². The van der Waals surface area contributed by atoms with Crippen LogP contribution in [0.1, 0.15) is 34.1 Å². The average Bonchev–Trinajstić information content (AvgIpc) is 2.56. The van der Waals surface area contributed by atoms with Crippen molar-refractivity contribution in [2.24, 2.45) is 10.9 Å². The van der Waals surface area contributed by atoms with Gasteiger partial charge in [-0.15, -0.1) is 0 Å². The first kappa shape index (κ1) is 25.5. The molecule has 0 heterocycles. The largest absolute Gasteiger partial charge is 0.444 e. The maximum atomic E-state index is 12.0. The summed E-state index contributed by atoms with van der Waals surface area (Å²) in [5.74, 6) is 1.03. The van der Waals surface area contributed by atoms with Crippen molar-refractivity contribution in [2.45, 2.75) is 39.7 Å². The lowest BCUT2D eigenvalue weighted by atomic mass is 10.1. The Bertz CT molecular complexity index is 438. The number of hydrogen-bond donors (Lipinski definition) is 2. The van der Waals surface area contributed by atoms with Crippen molar-refractivity contribution in [3.8, 4) is 0 Å². The summed E-state index contributed by atoms with van der Waals surface area (Å²) in [6, 6.07) is 0. The van der Waals surface area contributed by atoms with E-state index in [0.29, 0.717) is 6.54 Å². The molecule has 0 radical (unpaired) electrons. The lowest BCUT2D eigenvalue weighted by Crippen LogP contribution is -2.44. The number of nitrogens with one attached hydrogen (secondary N) is 2. The second-order valence-corrected chi connectivity index (χ2v) is 8.00. The lowest BCUT2D eigenvalue weighted by molar-refractivity contribution is 0.0278. The van der Waals surface area contributed by atoms with Crippen LogP contribution in [0.3, 0.4) is 0 Å². The van der Waals surface area contributed by atoms with Gasteiger partial charge in [0.05, 0.1) is 0 Å². The van der Waals surface area contributed by atoms with Crippen molar-refractivity contribution < 1.29 is 14.3 Å². The molecule has 8 heteroatoms. The van der Waals surface area contributed by atoms with Gasteiger partial charge in [-0.2, -0.15) is 0 Å². The third-order valence-electron chi connectivity index (χ3n) is 3.81. The molecule has 0 aliphatic heterocycles. The van der Waals surface area contributed by atoms with Crippen LogP contribution in [0.5, 0.6) is 0 Å². The summed E-state index contributed by atoms with van der Waals surface area (Å²) in [4.78, 5) is 20.1. The second kappa shape index (κ2) is 13.6. The minimum atomic E-state index is -0.477. The summed E-state index contributed by atoms with van der Waals surface area (Å²) in [6.45, 7) is 12.6. The van der Waals surface area contributed by atoms with E-state index in [1.807, 2.05) is 20.8 Å². The highest BCUT2D eigenvalue weighted by Gasteiger charge is 2.20. The minimum absolute atomic E-state index is 0.262. The summed E-state index contributed by atoms with van der Waals surface area (Å²) in [7, 11) is 7.35. The van der Waals surface area contributed by atoms with Crippen LogP contribution in [0.2, 0.25) is 0 Å². The number of methoxy groups -OCH3 is 1. The third kappa shape index (κ3) is 14.2. The Labute approximate surface area is 165 Å². The molecule has 1 atom stereocenters. The zero-order valence-electron chi connectivity index (χ0n) is 18.6. The Balaban J connectivity index is 4.08. The third-order valence-corrected chi connectivity index (χ3v) is 3.81. The highest BCUT2D eigenvalue weighted by atomic mass is 16.6. The van der Waals surface area contributed by atoms with E-state index in [4.69, 9.17) is 9.47 Å². The molecule has 0 aromatic carbocycles. The van der Waals surface area contributed by atoms with E-state index in [9.17, 15) is 4.79 Å². The quantitative estimate of drug-likeness (QED) is 0.319. The summed E-state index contributed by atoms with van der Waals surface area (Å²) >= 11 is 0. The van der Waals surface area contributed by atoms with Crippen LogP contribution in [0.25, 0.3) is 0 Å². The first-order valence-electron chi connectivity index (χ1n) is 9.65. The molecular formula is C19H41N5O3. The average molecular weight is 388 g/mol. The van der Waals surface area contributed by atoms with E-state index in [1.165, 1.54) is 0 Å². The number of ether oxygens (including phenoxy) is 2. The van der Waals surface area contributed by atoms with E-state index in [1.54, 1.807) is 26.1 Å². The molecule has 0 saturated carbocycles. The second-order valence-electron chi connectivity index (χ2n) is 8.00. The molecule has 0 spiro atoms. The zero-order chi connectivity index (χ0) is 20.9. The zero-order valence-corrected chi connectivity index (χ0v) is 18.6. The summed E-state index contributed by atoms with van der Waals surface area (Å²) in [5, 5.41) is 6.62. The Kier molecular flexibility index (Phi) is 12.8. The smallest absolute Gasteiger partial charge is 0.410 e. The fraction of sp³-hybridized carbons (Fsp3) is 0.895. The summed E-state index contributed by atoms with van der Waals surface area (Å²) in [5.41, 5.74) is -0.477. The Hall–Kier alpha value is -1.54. The lowest BCUT2D eigenvalue weighted by Gasteiger charge is -2.26. The number of carbonyl (C=O) groups is 1. The molecule has 0 aromatic heterocycles. The van der Waals surface area contributed by atoms with Gasteiger partial charge in [0.2, 0.25) is 0 Å². The van der Waals surface area contributed by atoms with Gasteiger partial charge in [-0.05, 0) is 40.2 Å². The number of carbonyl (C=O) groups excluding carboxylic acids is 1. The number of hydrogen-bond acceptors (Lipinski definition) is 5. The number of nitrogens with zero attached hydrogens (tertiary/aromatic N) is 3. The van der Waals surface area contributed by atoms with Gasteiger partial charge in [-0.3, -0.25) is 4.99 Å². The van der Waals surface area contributed by atoms with Crippen LogP contribution in [0.4, 0.5) is 4.79 Å². The van der Waals surface area contributed by atoms with Gasteiger partial charge in [0.15, 0.2) is 5.96 Å². The SMILES string of the molecule is CN=C(NCCN(C)CCCOC)NCC(C)CN(C)C(=O)OC(C)(C)C. The van der Waals surface area contributed by atoms with E-state index in [0.717, 1.165) is 45.2 Å². The van der Waals surface area contributed by atoms with Crippen LogP contribution < -0.4 is 10.6 Å².